The summed E-state index contributed by atoms with van der Waals surface area (Å²) in [6.07, 6.45) is -0.676. The molecule has 7 heteroatoms. The standard InChI is InChI=1S/C17H15ClN2O3S/c1-10(23-13-5-3-4-11(18)8-13)16(21)20-17-19-14-7-6-12(22-2)9-15(14)24-17/h3-10H,1-2H3,(H,19,20,21). The van der Waals surface area contributed by atoms with Crippen molar-refractivity contribution >= 4 is 44.2 Å². The van der Waals surface area contributed by atoms with Crippen molar-refractivity contribution in [3.63, 3.8) is 0 Å². The van der Waals surface area contributed by atoms with Crippen LogP contribution in [0.1, 0.15) is 6.92 Å². The maximum absolute atomic E-state index is 12.3. The summed E-state index contributed by atoms with van der Waals surface area (Å²) in [6, 6.07) is 12.5. The van der Waals surface area contributed by atoms with Crippen molar-refractivity contribution in [2.75, 3.05) is 12.4 Å². The third-order valence-corrected chi connectivity index (χ3v) is 4.47. The lowest BCUT2D eigenvalue weighted by molar-refractivity contribution is -0.122. The number of hydrogen-bond donors (Lipinski definition) is 1. The molecule has 0 aliphatic heterocycles. The molecule has 3 aromatic rings. The highest BCUT2D eigenvalue weighted by molar-refractivity contribution is 7.22. The molecule has 3 rings (SSSR count). The maximum atomic E-state index is 12.3. The van der Waals surface area contributed by atoms with E-state index < -0.39 is 6.10 Å². The quantitative estimate of drug-likeness (QED) is 0.732. The zero-order chi connectivity index (χ0) is 17.1. The Kier molecular flexibility index (Phi) is 4.87. The molecule has 1 N–H and O–H groups in total. The first-order valence-corrected chi connectivity index (χ1v) is 8.42. The van der Waals surface area contributed by atoms with E-state index in [4.69, 9.17) is 21.1 Å². The number of amides is 1. The molecule has 1 aromatic heterocycles. The van der Waals surface area contributed by atoms with Gasteiger partial charge in [-0.05, 0) is 43.3 Å². The lowest BCUT2D eigenvalue weighted by atomic mass is 10.3. The maximum Gasteiger partial charge on any atom is 0.266 e. The Labute approximate surface area is 148 Å². The van der Waals surface area contributed by atoms with Crippen LogP contribution in [0.5, 0.6) is 11.5 Å². The number of carbonyl (C=O) groups is 1. The largest absolute Gasteiger partial charge is 0.497 e. The third kappa shape index (κ3) is 3.77. The van der Waals surface area contributed by atoms with E-state index in [9.17, 15) is 4.79 Å². The van der Waals surface area contributed by atoms with Crippen LogP contribution in [0.25, 0.3) is 10.2 Å². The van der Waals surface area contributed by atoms with E-state index in [1.807, 2.05) is 18.2 Å². The smallest absolute Gasteiger partial charge is 0.266 e. The molecule has 0 fully saturated rings. The highest BCUT2D eigenvalue weighted by Crippen LogP contribution is 2.29. The van der Waals surface area contributed by atoms with Gasteiger partial charge in [-0.1, -0.05) is 29.0 Å². The fourth-order valence-corrected chi connectivity index (χ4v) is 3.17. The molecule has 0 spiro atoms. The van der Waals surface area contributed by atoms with Gasteiger partial charge < -0.3 is 9.47 Å². The molecule has 1 heterocycles. The molecule has 0 aliphatic carbocycles. The predicted octanol–water partition coefficient (Wildman–Crippen LogP) is 4.36. The van der Waals surface area contributed by atoms with E-state index in [1.165, 1.54) is 11.3 Å². The molecule has 1 unspecified atom stereocenters. The van der Waals surface area contributed by atoms with Crippen molar-refractivity contribution in [3.05, 3.63) is 47.5 Å². The molecule has 0 bridgehead atoms. The molecule has 124 valence electrons. The predicted molar refractivity (Wildman–Crippen MR) is 96.3 cm³/mol. The number of carbonyl (C=O) groups excluding carboxylic acids is 1. The van der Waals surface area contributed by atoms with Gasteiger partial charge in [0.15, 0.2) is 11.2 Å². The minimum atomic E-state index is -0.676. The van der Waals surface area contributed by atoms with E-state index in [0.29, 0.717) is 15.9 Å². The highest BCUT2D eigenvalue weighted by Gasteiger charge is 2.17. The average Bonchev–Trinajstić information content (AvgIpc) is 2.95. The number of benzene rings is 2. The first-order valence-electron chi connectivity index (χ1n) is 7.23. The van der Waals surface area contributed by atoms with Crippen LogP contribution in [0.2, 0.25) is 5.02 Å². The number of ether oxygens (including phenoxy) is 2. The number of nitrogens with zero attached hydrogens (tertiary/aromatic N) is 1. The van der Waals surface area contributed by atoms with Gasteiger partial charge in [-0.3, -0.25) is 10.1 Å². The van der Waals surface area contributed by atoms with Crippen LogP contribution in [-0.2, 0) is 4.79 Å². The monoisotopic (exact) mass is 362 g/mol. The molecule has 24 heavy (non-hydrogen) atoms. The minimum Gasteiger partial charge on any atom is -0.497 e. The van der Waals surface area contributed by atoms with Crippen LogP contribution in [0, 0.1) is 0 Å². The van der Waals surface area contributed by atoms with Crippen LogP contribution >= 0.6 is 22.9 Å². The molecule has 0 aliphatic rings. The van der Waals surface area contributed by atoms with Crippen LogP contribution in [0.15, 0.2) is 42.5 Å². The van der Waals surface area contributed by atoms with Crippen molar-refractivity contribution in [3.8, 4) is 11.5 Å². The SMILES string of the molecule is COc1ccc2nc(NC(=O)C(C)Oc3cccc(Cl)c3)sc2c1. The van der Waals surface area contributed by atoms with Gasteiger partial charge in [0.1, 0.15) is 11.5 Å². The van der Waals surface area contributed by atoms with Gasteiger partial charge in [-0.2, -0.15) is 0 Å². The van der Waals surface area contributed by atoms with Crippen molar-refractivity contribution in [1.82, 2.24) is 4.98 Å². The van der Waals surface area contributed by atoms with Gasteiger partial charge in [0, 0.05) is 5.02 Å². The van der Waals surface area contributed by atoms with Gasteiger partial charge in [-0.15, -0.1) is 0 Å². The van der Waals surface area contributed by atoms with Crippen LogP contribution in [0.3, 0.4) is 0 Å². The van der Waals surface area contributed by atoms with Gasteiger partial charge >= 0.3 is 0 Å². The molecular formula is C17H15ClN2O3S. The Morgan fingerprint density at radius 2 is 2.08 bits per heavy atom. The van der Waals surface area contributed by atoms with Crippen LogP contribution in [0.4, 0.5) is 5.13 Å². The normalized spacial score (nSPS) is 12.0. The average molecular weight is 363 g/mol. The number of fused-ring (bicyclic) bond motifs is 1. The summed E-state index contributed by atoms with van der Waals surface area (Å²) in [7, 11) is 1.61. The molecule has 0 saturated carbocycles. The minimum absolute atomic E-state index is 0.277. The Bertz CT molecular complexity index is 881. The van der Waals surface area contributed by atoms with Crippen molar-refractivity contribution < 1.29 is 14.3 Å². The summed E-state index contributed by atoms with van der Waals surface area (Å²) in [4.78, 5) is 16.7. The summed E-state index contributed by atoms with van der Waals surface area (Å²) in [5, 5.41) is 3.85. The van der Waals surface area contributed by atoms with E-state index in [1.54, 1.807) is 38.3 Å². The Morgan fingerprint density at radius 1 is 1.25 bits per heavy atom. The van der Waals surface area contributed by atoms with E-state index >= 15 is 0 Å². The number of nitrogens with one attached hydrogen (secondary N) is 1. The van der Waals surface area contributed by atoms with Gasteiger partial charge in [0.25, 0.3) is 5.91 Å². The summed E-state index contributed by atoms with van der Waals surface area (Å²) in [6.45, 7) is 1.67. The van der Waals surface area contributed by atoms with Crippen molar-refractivity contribution in [1.29, 1.82) is 0 Å². The first kappa shape index (κ1) is 16.5. The van der Waals surface area contributed by atoms with Gasteiger partial charge in [-0.25, -0.2) is 4.98 Å². The second-order valence-corrected chi connectivity index (χ2v) is 6.53. The zero-order valence-electron chi connectivity index (χ0n) is 13.1. The Balaban J connectivity index is 1.69. The number of anilines is 1. The summed E-state index contributed by atoms with van der Waals surface area (Å²) in [5.74, 6) is 1.02. The number of rotatable bonds is 5. The fourth-order valence-electron chi connectivity index (χ4n) is 2.09. The summed E-state index contributed by atoms with van der Waals surface area (Å²) >= 11 is 7.29. The first-order chi connectivity index (χ1) is 11.5. The topological polar surface area (TPSA) is 60.5 Å². The molecule has 0 radical (unpaired) electrons. The summed E-state index contributed by atoms with van der Waals surface area (Å²) < 4.78 is 11.7. The number of thiazole rings is 1. The zero-order valence-corrected chi connectivity index (χ0v) is 14.6. The molecule has 0 saturated heterocycles. The lowest BCUT2D eigenvalue weighted by Gasteiger charge is -2.13. The number of aromatic nitrogens is 1. The second kappa shape index (κ2) is 7.07. The fraction of sp³-hybridized carbons (Fsp3) is 0.176. The molecular weight excluding hydrogens is 348 g/mol. The van der Waals surface area contributed by atoms with E-state index in [2.05, 4.69) is 10.3 Å². The number of methoxy groups -OCH3 is 1. The van der Waals surface area contributed by atoms with Crippen molar-refractivity contribution in [2.45, 2.75) is 13.0 Å². The van der Waals surface area contributed by atoms with Crippen molar-refractivity contribution in [2.24, 2.45) is 0 Å². The number of halogens is 1. The molecule has 1 atom stereocenters. The lowest BCUT2D eigenvalue weighted by Crippen LogP contribution is -2.30. The summed E-state index contributed by atoms with van der Waals surface area (Å²) in [5.41, 5.74) is 0.805. The van der Waals surface area contributed by atoms with E-state index in [-0.39, 0.29) is 5.91 Å². The van der Waals surface area contributed by atoms with E-state index in [0.717, 1.165) is 16.0 Å². The molecule has 2 aromatic carbocycles. The number of hydrogen-bond acceptors (Lipinski definition) is 5. The third-order valence-electron chi connectivity index (χ3n) is 3.30. The Hall–Kier alpha value is -2.31. The van der Waals surface area contributed by atoms with Crippen LogP contribution < -0.4 is 14.8 Å². The Morgan fingerprint density at radius 3 is 2.83 bits per heavy atom. The molecule has 5 nitrogen and oxygen atoms in total. The van der Waals surface area contributed by atoms with Gasteiger partial charge in [0.05, 0.1) is 17.3 Å². The van der Waals surface area contributed by atoms with Crippen LogP contribution in [-0.4, -0.2) is 24.1 Å². The highest BCUT2D eigenvalue weighted by atomic mass is 35.5. The molecule has 1 amide bonds. The van der Waals surface area contributed by atoms with Gasteiger partial charge in [0.2, 0.25) is 0 Å². The second-order valence-electron chi connectivity index (χ2n) is 5.06.